The van der Waals surface area contributed by atoms with Crippen molar-refractivity contribution in [3.8, 4) is 0 Å². The molecule has 0 aliphatic heterocycles. The first-order valence-corrected chi connectivity index (χ1v) is 10.3. The fraction of sp³-hybridized carbons (Fsp3) is 0.476. The van der Waals surface area contributed by atoms with E-state index < -0.39 is 36.1 Å². The van der Waals surface area contributed by atoms with Crippen LogP contribution in [0.3, 0.4) is 0 Å². The Kier molecular flexibility index (Phi) is 8.14. The molecule has 1 aliphatic carbocycles. The fourth-order valence-electron chi connectivity index (χ4n) is 2.89. The SMILES string of the molecule is COCC[C@H](NC(=O)CNC(=O)OCc1ccccc1)C(=O)c1nn(CC2CC2)c(=O)o1. The summed E-state index contributed by atoms with van der Waals surface area (Å²) in [5, 5.41) is 8.80. The van der Waals surface area contributed by atoms with Gasteiger partial charge in [0.25, 0.3) is 5.89 Å². The summed E-state index contributed by atoms with van der Waals surface area (Å²) in [5.74, 6) is -1.96. The van der Waals surface area contributed by atoms with Crippen LogP contribution in [0, 0.1) is 5.92 Å². The lowest BCUT2D eigenvalue weighted by atomic mass is 10.1. The summed E-state index contributed by atoms with van der Waals surface area (Å²) < 4.78 is 16.1. The van der Waals surface area contributed by atoms with Gasteiger partial charge in [0, 0.05) is 13.7 Å². The second-order valence-corrected chi connectivity index (χ2v) is 7.48. The van der Waals surface area contributed by atoms with Gasteiger partial charge in [0.2, 0.25) is 11.7 Å². The number of methoxy groups -OCH3 is 1. The number of ether oxygens (including phenoxy) is 2. The van der Waals surface area contributed by atoms with Gasteiger partial charge in [-0.25, -0.2) is 9.59 Å². The van der Waals surface area contributed by atoms with Crippen molar-refractivity contribution >= 4 is 17.8 Å². The Morgan fingerprint density at radius 2 is 2.00 bits per heavy atom. The second kappa shape index (κ2) is 11.2. The third kappa shape index (κ3) is 7.05. The van der Waals surface area contributed by atoms with Crippen LogP contribution in [0.25, 0.3) is 0 Å². The Morgan fingerprint density at radius 3 is 2.69 bits per heavy atom. The zero-order valence-corrected chi connectivity index (χ0v) is 17.7. The van der Waals surface area contributed by atoms with Gasteiger partial charge in [-0.1, -0.05) is 30.3 Å². The predicted octanol–water partition coefficient (Wildman–Crippen LogP) is 0.877. The molecule has 1 saturated carbocycles. The van der Waals surface area contributed by atoms with Crippen LogP contribution in [-0.4, -0.2) is 53.9 Å². The van der Waals surface area contributed by atoms with Crippen molar-refractivity contribution in [2.45, 2.75) is 38.5 Å². The van der Waals surface area contributed by atoms with Gasteiger partial charge in [-0.05, 0) is 30.7 Å². The number of hydrogen-bond acceptors (Lipinski definition) is 8. The monoisotopic (exact) mass is 446 g/mol. The summed E-state index contributed by atoms with van der Waals surface area (Å²) in [6, 6.07) is 8.05. The number of ketones is 1. The maximum Gasteiger partial charge on any atom is 0.437 e. The van der Waals surface area contributed by atoms with Gasteiger partial charge in [-0.2, -0.15) is 4.68 Å². The van der Waals surface area contributed by atoms with Crippen LogP contribution in [-0.2, 0) is 27.4 Å². The van der Waals surface area contributed by atoms with Crippen molar-refractivity contribution in [2.75, 3.05) is 20.3 Å². The van der Waals surface area contributed by atoms with Crippen molar-refractivity contribution in [2.24, 2.45) is 5.92 Å². The van der Waals surface area contributed by atoms with Crippen molar-refractivity contribution in [1.82, 2.24) is 20.4 Å². The number of amides is 2. The van der Waals surface area contributed by atoms with Crippen molar-refractivity contribution in [3.05, 3.63) is 52.3 Å². The van der Waals surface area contributed by atoms with E-state index in [9.17, 15) is 19.2 Å². The number of nitrogens with one attached hydrogen (secondary N) is 2. The minimum absolute atomic E-state index is 0.0613. The number of rotatable bonds is 12. The third-order valence-corrected chi connectivity index (χ3v) is 4.81. The third-order valence-electron chi connectivity index (χ3n) is 4.81. The first-order valence-electron chi connectivity index (χ1n) is 10.3. The van der Waals surface area contributed by atoms with E-state index in [0.29, 0.717) is 12.5 Å². The molecular formula is C21H26N4O7. The first kappa shape index (κ1) is 23.2. The van der Waals surface area contributed by atoms with Gasteiger partial charge in [-0.15, -0.1) is 5.10 Å². The van der Waals surface area contributed by atoms with Gasteiger partial charge in [-0.3, -0.25) is 9.59 Å². The van der Waals surface area contributed by atoms with E-state index in [4.69, 9.17) is 13.9 Å². The molecule has 3 rings (SSSR count). The Balaban J connectivity index is 1.51. The highest BCUT2D eigenvalue weighted by Crippen LogP contribution is 2.29. The van der Waals surface area contributed by atoms with Crippen molar-refractivity contribution < 1.29 is 28.3 Å². The number of Topliss-reactive ketones (excluding diaryl/α,β-unsaturated/α-hetero) is 1. The van der Waals surface area contributed by atoms with E-state index in [1.807, 2.05) is 18.2 Å². The van der Waals surface area contributed by atoms with E-state index in [-0.39, 0.29) is 25.5 Å². The van der Waals surface area contributed by atoms with E-state index in [0.717, 1.165) is 23.1 Å². The molecule has 1 fully saturated rings. The standard InChI is InChI=1S/C21H26N4O7/c1-30-10-9-16(18(27)19-24-25(21(29)32-19)12-14-7-8-14)23-17(26)11-22-20(28)31-13-15-5-3-2-4-6-15/h2-6,14,16H,7-13H2,1H3,(H,22,28)(H,23,26)/t16-/m0/s1. The average molecular weight is 446 g/mol. The lowest BCUT2D eigenvalue weighted by Gasteiger charge is -2.16. The summed E-state index contributed by atoms with van der Waals surface area (Å²) >= 11 is 0. The normalized spacial score (nSPS) is 13.9. The van der Waals surface area contributed by atoms with E-state index >= 15 is 0 Å². The van der Waals surface area contributed by atoms with E-state index in [2.05, 4.69) is 15.7 Å². The molecule has 2 N–H and O–H groups in total. The molecule has 32 heavy (non-hydrogen) atoms. The van der Waals surface area contributed by atoms with Gasteiger partial charge in [0.15, 0.2) is 0 Å². The predicted molar refractivity (Wildman–Crippen MR) is 111 cm³/mol. The zero-order valence-electron chi connectivity index (χ0n) is 17.7. The molecule has 1 aromatic heterocycles. The molecular weight excluding hydrogens is 420 g/mol. The summed E-state index contributed by atoms with van der Waals surface area (Å²) in [7, 11) is 1.46. The number of nitrogens with zero attached hydrogens (tertiary/aromatic N) is 2. The van der Waals surface area contributed by atoms with Crippen LogP contribution in [0.4, 0.5) is 4.79 Å². The number of hydrogen-bond donors (Lipinski definition) is 2. The highest BCUT2D eigenvalue weighted by atomic mass is 16.5. The molecule has 0 unspecified atom stereocenters. The maximum atomic E-state index is 12.8. The molecule has 11 heteroatoms. The second-order valence-electron chi connectivity index (χ2n) is 7.48. The molecule has 172 valence electrons. The molecule has 2 aromatic rings. The molecule has 1 aliphatic rings. The molecule has 0 radical (unpaired) electrons. The minimum atomic E-state index is -1.03. The minimum Gasteiger partial charge on any atom is -0.445 e. The van der Waals surface area contributed by atoms with Crippen LogP contribution in [0.2, 0.25) is 0 Å². The summed E-state index contributed by atoms with van der Waals surface area (Å²) in [5.41, 5.74) is 0.806. The van der Waals surface area contributed by atoms with Crippen LogP contribution in [0.15, 0.2) is 39.5 Å². The van der Waals surface area contributed by atoms with Gasteiger partial charge in [0.05, 0.1) is 12.6 Å². The van der Waals surface area contributed by atoms with Crippen LogP contribution < -0.4 is 16.4 Å². The first-order chi connectivity index (χ1) is 15.5. The van der Waals surface area contributed by atoms with E-state index in [1.54, 1.807) is 12.1 Å². The highest BCUT2D eigenvalue weighted by Gasteiger charge is 2.29. The molecule has 1 aromatic carbocycles. The van der Waals surface area contributed by atoms with Crippen LogP contribution in [0.5, 0.6) is 0 Å². The van der Waals surface area contributed by atoms with Gasteiger partial charge >= 0.3 is 11.8 Å². The summed E-state index contributed by atoms with van der Waals surface area (Å²) in [6.45, 7) is 0.242. The number of alkyl carbamates (subject to hydrolysis) is 1. The van der Waals surface area contributed by atoms with Crippen LogP contribution >= 0.6 is 0 Å². The number of carbonyl (C=O) groups excluding carboxylic acids is 3. The van der Waals surface area contributed by atoms with Gasteiger partial charge in [0.1, 0.15) is 13.2 Å². The molecule has 0 saturated heterocycles. The van der Waals surface area contributed by atoms with E-state index in [1.165, 1.54) is 7.11 Å². The Bertz CT molecular complexity index is 982. The largest absolute Gasteiger partial charge is 0.445 e. The number of carbonyl (C=O) groups is 3. The molecule has 1 heterocycles. The molecule has 11 nitrogen and oxygen atoms in total. The molecule has 0 spiro atoms. The highest BCUT2D eigenvalue weighted by molar-refractivity contribution is 5.98. The summed E-state index contributed by atoms with van der Waals surface area (Å²) in [4.78, 5) is 48.7. The smallest absolute Gasteiger partial charge is 0.437 e. The Labute approximate surface area is 184 Å². The fourth-order valence-corrected chi connectivity index (χ4v) is 2.89. The quantitative estimate of drug-likeness (QED) is 0.458. The Morgan fingerprint density at radius 1 is 1.25 bits per heavy atom. The zero-order chi connectivity index (χ0) is 22.9. The number of benzene rings is 1. The average Bonchev–Trinajstić information content (AvgIpc) is 3.54. The topological polar surface area (TPSA) is 142 Å². The van der Waals surface area contributed by atoms with Crippen LogP contribution in [0.1, 0.15) is 35.5 Å². The summed E-state index contributed by atoms with van der Waals surface area (Å²) in [6.07, 6.45) is 1.39. The Hall–Kier alpha value is -3.47. The van der Waals surface area contributed by atoms with Crippen molar-refractivity contribution in [3.63, 3.8) is 0 Å². The molecule has 1 atom stereocenters. The van der Waals surface area contributed by atoms with Crippen molar-refractivity contribution in [1.29, 1.82) is 0 Å². The number of aromatic nitrogens is 2. The lowest BCUT2D eigenvalue weighted by molar-refractivity contribution is -0.120. The maximum absolute atomic E-state index is 12.8. The molecule has 0 bridgehead atoms. The lowest BCUT2D eigenvalue weighted by Crippen LogP contribution is -2.46. The van der Waals surface area contributed by atoms with Gasteiger partial charge < -0.3 is 24.5 Å². The molecule has 2 amide bonds.